The van der Waals surface area contributed by atoms with E-state index in [1.165, 1.54) is 0 Å². The molecular weight excluding hydrogens is 505 g/mol. The summed E-state index contributed by atoms with van der Waals surface area (Å²) in [5.74, 6) is 2.01. The molecule has 3 aromatic rings. The number of fused-ring (bicyclic) bond motifs is 2. The number of pyridine rings is 1. The maximum Gasteiger partial charge on any atom is 0.231 e. The zero-order valence-electron chi connectivity index (χ0n) is 16.7. The van der Waals surface area contributed by atoms with Crippen LogP contribution in [-0.4, -0.2) is 33.4 Å². The Morgan fingerprint density at radius 2 is 2.03 bits per heavy atom. The van der Waals surface area contributed by atoms with E-state index < -0.39 is 0 Å². The number of hydrogen-bond acceptors (Lipinski definition) is 7. The number of imidazole rings is 1. The van der Waals surface area contributed by atoms with E-state index in [-0.39, 0.29) is 12.3 Å². The van der Waals surface area contributed by atoms with E-state index in [1.807, 2.05) is 18.2 Å². The number of halogens is 1. The van der Waals surface area contributed by atoms with Gasteiger partial charge in [-0.15, -0.1) is 0 Å². The van der Waals surface area contributed by atoms with Crippen LogP contribution in [0.4, 0.5) is 5.82 Å². The molecule has 0 atom stereocenters. The highest BCUT2D eigenvalue weighted by atomic mass is 131. The van der Waals surface area contributed by atoms with Crippen molar-refractivity contribution in [3.8, 4) is 11.5 Å². The van der Waals surface area contributed by atoms with E-state index in [9.17, 15) is 0 Å². The molecule has 0 saturated heterocycles. The molecule has 9 heteroatoms. The molecule has 29 heavy (non-hydrogen) atoms. The third kappa shape index (κ3) is 4.56. The van der Waals surface area contributed by atoms with Crippen LogP contribution in [0, 0.1) is 3.57 Å². The summed E-state index contributed by atoms with van der Waals surface area (Å²) in [5.41, 5.74) is 7.95. The lowest BCUT2D eigenvalue weighted by molar-refractivity contribution is 0.174. The number of nitrogens with one attached hydrogen (secondary N) is 1. The summed E-state index contributed by atoms with van der Waals surface area (Å²) < 4.78 is 14.3. The van der Waals surface area contributed by atoms with Gasteiger partial charge in [0.25, 0.3) is 0 Å². The third-order valence-electron chi connectivity index (χ3n) is 4.50. The summed E-state index contributed by atoms with van der Waals surface area (Å²) >= 11 is 3.93. The molecule has 0 unspecified atom stereocenters. The SMILES string of the molecule is CC(C)(C)NCCCn1c(Sc2cc3c(cc2[131I])OCO3)nc2c(N)nccc21. The third-order valence-corrected chi connectivity index (χ3v) is 6.81. The lowest BCUT2D eigenvalue weighted by Gasteiger charge is -2.20. The molecular formula is C20H24IN5O2S. The van der Waals surface area contributed by atoms with Gasteiger partial charge in [-0.3, -0.25) is 0 Å². The summed E-state index contributed by atoms with van der Waals surface area (Å²) in [6.07, 6.45) is 2.72. The molecule has 0 bridgehead atoms. The number of aryl methyl sites for hydroxylation is 1. The highest BCUT2D eigenvalue weighted by Crippen LogP contribution is 2.41. The Morgan fingerprint density at radius 1 is 1.28 bits per heavy atom. The van der Waals surface area contributed by atoms with Crippen LogP contribution in [0.2, 0.25) is 0 Å². The quantitative estimate of drug-likeness (QED) is 0.364. The van der Waals surface area contributed by atoms with Gasteiger partial charge in [-0.1, -0.05) is 11.8 Å². The number of aromatic nitrogens is 3. The molecule has 3 N–H and O–H groups in total. The first kappa shape index (κ1) is 20.5. The second-order valence-electron chi connectivity index (χ2n) is 7.88. The van der Waals surface area contributed by atoms with Crippen molar-refractivity contribution in [3.05, 3.63) is 28.0 Å². The molecule has 1 aliphatic heterocycles. The minimum Gasteiger partial charge on any atom is -0.454 e. The number of nitrogens with two attached hydrogens (primary N) is 1. The van der Waals surface area contributed by atoms with Crippen LogP contribution in [0.5, 0.6) is 11.5 Å². The van der Waals surface area contributed by atoms with Crippen molar-refractivity contribution >= 4 is 51.2 Å². The second kappa shape index (κ2) is 8.19. The molecule has 2 aromatic heterocycles. The topological polar surface area (TPSA) is 87.2 Å². The van der Waals surface area contributed by atoms with E-state index in [4.69, 9.17) is 20.2 Å². The van der Waals surface area contributed by atoms with Crippen LogP contribution < -0.4 is 20.5 Å². The zero-order chi connectivity index (χ0) is 20.6. The number of anilines is 1. The van der Waals surface area contributed by atoms with E-state index in [0.29, 0.717) is 5.82 Å². The Morgan fingerprint density at radius 3 is 2.79 bits per heavy atom. The predicted octanol–water partition coefficient (Wildman–Crippen LogP) is 4.28. The van der Waals surface area contributed by atoms with Gasteiger partial charge in [0.15, 0.2) is 22.5 Å². The minimum absolute atomic E-state index is 0.103. The fourth-order valence-corrected chi connectivity index (χ4v) is 4.85. The van der Waals surface area contributed by atoms with Crippen molar-refractivity contribution in [1.29, 1.82) is 0 Å². The van der Waals surface area contributed by atoms with Gasteiger partial charge >= 0.3 is 0 Å². The molecule has 7 nitrogen and oxygen atoms in total. The molecule has 4 rings (SSSR count). The fourth-order valence-electron chi connectivity index (χ4n) is 3.12. The zero-order valence-corrected chi connectivity index (χ0v) is 19.6. The van der Waals surface area contributed by atoms with Gasteiger partial charge in [0.05, 0.1) is 5.52 Å². The minimum atomic E-state index is 0.103. The first-order chi connectivity index (χ1) is 13.8. The number of nitrogens with zero attached hydrogens (tertiary/aromatic N) is 3. The summed E-state index contributed by atoms with van der Waals surface area (Å²) in [7, 11) is 0. The number of ether oxygens (including phenoxy) is 2. The van der Waals surface area contributed by atoms with Crippen molar-refractivity contribution in [2.75, 3.05) is 19.1 Å². The van der Waals surface area contributed by atoms with Crippen molar-refractivity contribution < 1.29 is 9.47 Å². The highest BCUT2D eigenvalue weighted by molar-refractivity contribution is 14.1. The average Bonchev–Trinajstić information content (AvgIpc) is 3.23. The Kier molecular flexibility index (Phi) is 5.80. The molecule has 1 aromatic carbocycles. The monoisotopic (exact) mass is 529 g/mol. The molecule has 0 radical (unpaired) electrons. The Balaban J connectivity index is 1.64. The maximum atomic E-state index is 6.10. The Bertz CT molecular complexity index is 1050. The van der Waals surface area contributed by atoms with Crippen molar-refractivity contribution in [1.82, 2.24) is 19.9 Å². The smallest absolute Gasteiger partial charge is 0.231 e. The first-order valence-electron chi connectivity index (χ1n) is 9.44. The van der Waals surface area contributed by atoms with E-state index in [2.05, 4.69) is 58.2 Å². The molecule has 0 aliphatic carbocycles. The summed E-state index contributed by atoms with van der Waals surface area (Å²) in [5, 5.41) is 4.44. The molecule has 0 spiro atoms. The Labute approximate surface area is 187 Å². The van der Waals surface area contributed by atoms with Crippen LogP contribution in [0.25, 0.3) is 11.0 Å². The van der Waals surface area contributed by atoms with Crippen molar-refractivity contribution in [2.45, 2.75) is 49.3 Å². The predicted molar refractivity (Wildman–Crippen MR) is 124 cm³/mol. The number of hydrogen-bond donors (Lipinski definition) is 2. The van der Waals surface area contributed by atoms with Crippen molar-refractivity contribution in [2.24, 2.45) is 0 Å². The van der Waals surface area contributed by atoms with Gasteiger partial charge in [-0.25, -0.2) is 9.97 Å². The highest BCUT2D eigenvalue weighted by Gasteiger charge is 2.20. The van der Waals surface area contributed by atoms with E-state index in [0.717, 1.165) is 55.7 Å². The number of nitrogen functional groups attached to an aromatic ring is 1. The second-order valence-corrected chi connectivity index (χ2v) is 10.0. The lowest BCUT2D eigenvalue weighted by atomic mass is 10.1. The van der Waals surface area contributed by atoms with Gasteiger partial charge in [-0.05, 0) is 74.5 Å². The largest absolute Gasteiger partial charge is 0.454 e. The molecule has 0 fully saturated rings. The standard InChI is InChI=1S/C20H24IN5O2S/c1-20(2,3)24-6-4-8-26-13-5-7-23-18(22)17(13)25-19(26)29-16-10-15-14(9-12(16)21)27-11-28-15/h5,7,9-10,24H,4,6,8,11H2,1-3H3,(H2,22,23)/i21+4. The summed E-state index contributed by atoms with van der Waals surface area (Å²) in [4.78, 5) is 10.1. The van der Waals surface area contributed by atoms with Crippen LogP contribution >= 0.6 is 34.4 Å². The van der Waals surface area contributed by atoms with Gasteiger partial charge in [-0.2, -0.15) is 0 Å². The molecule has 0 amide bonds. The molecule has 0 saturated carbocycles. The van der Waals surface area contributed by atoms with Gasteiger partial charge in [0, 0.05) is 26.7 Å². The van der Waals surface area contributed by atoms with E-state index >= 15 is 0 Å². The normalized spacial score (nSPS) is 13.4. The van der Waals surface area contributed by atoms with E-state index in [1.54, 1.807) is 18.0 Å². The van der Waals surface area contributed by atoms with Crippen LogP contribution in [-0.2, 0) is 6.54 Å². The number of rotatable bonds is 6. The molecule has 1 aliphatic rings. The van der Waals surface area contributed by atoms with Crippen molar-refractivity contribution in [3.63, 3.8) is 0 Å². The van der Waals surface area contributed by atoms with Crippen LogP contribution in [0.15, 0.2) is 34.4 Å². The maximum absolute atomic E-state index is 6.10. The van der Waals surface area contributed by atoms with Crippen LogP contribution in [0.3, 0.4) is 0 Å². The van der Waals surface area contributed by atoms with Crippen LogP contribution in [0.1, 0.15) is 27.2 Å². The fraction of sp³-hybridized carbons (Fsp3) is 0.400. The summed E-state index contributed by atoms with van der Waals surface area (Å²) in [6.45, 7) is 8.56. The Hall–Kier alpha value is -1.72. The molecule has 3 heterocycles. The molecule has 154 valence electrons. The number of benzene rings is 1. The lowest BCUT2D eigenvalue weighted by Crippen LogP contribution is -2.36. The van der Waals surface area contributed by atoms with Gasteiger partial charge < -0.3 is 25.1 Å². The van der Waals surface area contributed by atoms with Gasteiger partial charge in [0.2, 0.25) is 6.79 Å². The van der Waals surface area contributed by atoms with Gasteiger partial charge in [0.1, 0.15) is 5.52 Å². The first-order valence-corrected chi connectivity index (χ1v) is 11.3. The summed E-state index contributed by atoms with van der Waals surface area (Å²) in [6, 6.07) is 5.99. The average molecular weight is 529 g/mol.